The van der Waals surface area contributed by atoms with Crippen LogP contribution in [0.2, 0.25) is 0 Å². The summed E-state index contributed by atoms with van der Waals surface area (Å²) in [7, 11) is -0.395. The molecule has 0 unspecified atom stereocenters. The summed E-state index contributed by atoms with van der Waals surface area (Å²) in [6.07, 6.45) is 1.47. The minimum Gasteiger partial charge on any atom is -1.00 e. The molecule has 2 N–H and O–H groups in total. The standard InChI is InChI=1S/C40H41N6OPS2.BrH.Cu/c1-3-31-24-26-33(27-25-31)38(43-45-39(49)41-2)37(32-16-8-4-9-17-32)44-46-40(50)42-28-29-47-30-48(34-18-10-5-11-19-34,35-20-12-6-13-21-35)36-22-14-7-15-23-36;;/h4-27H,3,28-30H2,1-2H3,(H3-,41,42,43,44,45,46,49,50);1H;/q;;+2/p-2. The van der Waals surface area contributed by atoms with Crippen molar-refractivity contribution in [2.45, 2.75) is 13.3 Å². The Morgan fingerprint density at radius 2 is 1.02 bits per heavy atom. The monoisotopic (exact) mass is 857 g/mol. The molecule has 271 valence electrons. The second-order valence-electron chi connectivity index (χ2n) is 11.2. The van der Waals surface area contributed by atoms with Crippen LogP contribution in [-0.4, -0.2) is 48.3 Å². The van der Waals surface area contributed by atoms with Gasteiger partial charge in [0.15, 0.2) is 6.35 Å². The Morgan fingerprint density at radius 1 is 0.596 bits per heavy atom. The van der Waals surface area contributed by atoms with E-state index in [4.69, 9.17) is 30.0 Å². The van der Waals surface area contributed by atoms with Gasteiger partial charge in [-0.15, -0.1) is 10.2 Å². The van der Waals surface area contributed by atoms with Gasteiger partial charge in [-0.1, -0.05) is 116 Å². The molecular formula is C40H40BrCuN6OPS2. The Kier molecular flexibility index (Phi) is 18.3. The first-order valence-electron chi connectivity index (χ1n) is 16.4. The van der Waals surface area contributed by atoms with E-state index in [1.54, 1.807) is 7.05 Å². The van der Waals surface area contributed by atoms with Gasteiger partial charge in [0.1, 0.15) is 34.6 Å². The Balaban J connectivity index is 0.00000364. The molecule has 0 aromatic heterocycles. The molecule has 0 aliphatic heterocycles. The number of benzene rings is 5. The van der Waals surface area contributed by atoms with Crippen LogP contribution < -0.4 is 43.5 Å². The van der Waals surface area contributed by atoms with Gasteiger partial charge < -0.3 is 57.6 Å². The van der Waals surface area contributed by atoms with Crippen molar-refractivity contribution in [3.63, 3.8) is 0 Å². The van der Waals surface area contributed by atoms with Crippen molar-refractivity contribution >= 4 is 70.2 Å². The van der Waals surface area contributed by atoms with Gasteiger partial charge in [-0.3, -0.25) is 0 Å². The molecule has 0 aliphatic carbocycles. The molecule has 52 heavy (non-hydrogen) atoms. The van der Waals surface area contributed by atoms with E-state index in [0.717, 1.165) is 17.5 Å². The van der Waals surface area contributed by atoms with Crippen LogP contribution >= 0.6 is 7.26 Å². The van der Waals surface area contributed by atoms with Crippen molar-refractivity contribution in [3.8, 4) is 0 Å². The van der Waals surface area contributed by atoms with Gasteiger partial charge in [-0.25, -0.2) is 0 Å². The summed E-state index contributed by atoms with van der Waals surface area (Å²) in [4.78, 5) is 0. The molecule has 0 aliphatic rings. The van der Waals surface area contributed by atoms with Gasteiger partial charge in [-0.05, 0) is 58.7 Å². The molecular weight excluding hydrogens is 819 g/mol. The summed E-state index contributed by atoms with van der Waals surface area (Å²) in [5.41, 5.74) is 3.89. The van der Waals surface area contributed by atoms with Crippen molar-refractivity contribution in [2.75, 3.05) is 26.5 Å². The Labute approximate surface area is 340 Å². The number of aryl methyl sites for hydroxylation is 1. The van der Waals surface area contributed by atoms with Crippen LogP contribution in [0.3, 0.4) is 0 Å². The van der Waals surface area contributed by atoms with Gasteiger partial charge in [-0.2, -0.15) is 10.2 Å². The molecule has 0 spiro atoms. The van der Waals surface area contributed by atoms with Crippen molar-refractivity contribution < 1.29 is 38.8 Å². The summed E-state index contributed by atoms with van der Waals surface area (Å²) in [6, 6.07) is 49.9. The number of ether oxygens (including phenoxy) is 1. The minimum absolute atomic E-state index is 0. The van der Waals surface area contributed by atoms with Crippen LogP contribution in [0.25, 0.3) is 0 Å². The van der Waals surface area contributed by atoms with Gasteiger partial charge in [0.25, 0.3) is 0 Å². The second kappa shape index (κ2) is 22.3. The summed E-state index contributed by atoms with van der Waals surface area (Å²) < 4.78 is 6.49. The summed E-state index contributed by atoms with van der Waals surface area (Å²) >= 11 is 10.9. The summed E-state index contributed by atoms with van der Waals surface area (Å²) in [5.74, 6) is 0. The Hall–Kier alpha value is -3.79. The number of nitrogens with one attached hydrogen (secondary N) is 2. The molecule has 7 nitrogen and oxygen atoms in total. The minimum atomic E-state index is -2.10. The smallest absolute Gasteiger partial charge is 1.00 e. The fraction of sp³-hybridized carbons (Fsp3) is 0.150. The van der Waals surface area contributed by atoms with E-state index in [-0.39, 0.29) is 44.4 Å². The molecule has 5 rings (SSSR count). The molecule has 0 fully saturated rings. The molecule has 0 atom stereocenters. The van der Waals surface area contributed by atoms with E-state index in [1.807, 2.05) is 42.5 Å². The molecule has 0 amide bonds. The van der Waals surface area contributed by atoms with Gasteiger partial charge >= 0.3 is 17.1 Å². The van der Waals surface area contributed by atoms with Gasteiger partial charge in [0.05, 0.1) is 6.61 Å². The number of amidine groups is 2. The van der Waals surface area contributed by atoms with Crippen LogP contribution in [0.1, 0.15) is 23.6 Å². The molecule has 0 heterocycles. The second-order valence-corrected chi connectivity index (χ2v) is 15.4. The van der Waals surface area contributed by atoms with E-state index < -0.39 is 7.26 Å². The number of hydrogen-bond acceptors (Lipinski definition) is 7. The number of hydrogen-bond donors (Lipinski definition) is 2. The Morgan fingerprint density at radius 3 is 1.46 bits per heavy atom. The van der Waals surface area contributed by atoms with E-state index in [1.165, 1.54) is 21.5 Å². The molecule has 0 saturated heterocycles. The zero-order chi connectivity index (χ0) is 35.0. The fourth-order valence-electron chi connectivity index (χ4n) is 5.40. The van der Waals surface area contributed by atoms with Crippen LogP contribution in [0.5, 0.6) is 0 Å². The van der Waals surface area contributed by atoms with Crippen molar-refractivity contribution in [1.82, 2.24) is 10.6 Å². The van der Waals surface area contributed by atoms with E-state index >= 15 is 0 Å². The third-order valence-corrected chi connectivity index (χ3v) is 12.6. The van der Waals surface area contributed by atoms with Crippen LogP contribution in [-0.2, 0) is 53.5 Å². The summed E-state index contributed by atoms with van der Waals surface area (Å²) in [5, 5.41) is 28.1. The first-order valence-corrected chi connectivity index (χ1v) is 19.2. The van der Waals surface area contributed by atoms with Crippen LogP contribution in [0, 0.1) is 0 Å². The first-order chi connectivity index (χ1) is 24.5. The van der Waals surface area contributed by atoms with Crippen LogP contribution in [0.4, 0.5) is 0 Å². The molecule has 0 saturated carbocycles. The van der Waals surface area contributed by atoms with Gasteiger partial charge in [0, 0.05) is 24.7 Å². The molecule has 0 bridgehead atoms. The zero-order valence-electron chi connectivity index (χ0n) is 28.8. The number of nitrogens with zero attached hydrogens (tertiary/aromatic N) is 4. The molecule has 1 radical (unpaired) electrons. The quantitative estimate of drug-likeness (QED) is 0.0342. The zero-order valence-corrected chi connectivity index (χ0v) is 33.9. The average Bonchev–Trinajstić information content (AvgIpc) is 3.19. The maximum absolute atomic E-state index is 6.49. The van der Waals surface area contributed by atoms with Crippen molar-refractivity contribution in [1.29, 1.82) is 0 Å². The Bertz CT molecular complexity index is 1820. The normalized spacial score (nSPS) is 12.3. The third-order valence-electron chi connectivity index (χ3n) is 8.00. The SMILES string of the molecule is CCc1ccc(C(=NN=C([S-])NC)C(=NN=C([S-])NCCOC[P+](c2ccccc2)(c2ccccc2)c2ccccc2)c2ccccc2)cc1.[Br-].[Cu+2]. The van der Waals surface area contributed by atoms with Gasteiger partial charge in [0.2, 0.25) is 0 Å². The summed E-state index contributed by atoms with van der Waals surface area (Å²) in [6.45, 7) is 3.01. The predicted molar refractivity (Wildman–Crippen MR) is 218 cm³/mol. The number of rotatable bonds is 14. The third kappa shape index (κ3) is 11.4. The van der Waals surface area contributed by atoms with E-state index in [2.05, 4.69) is 141 Å². The maximum atomic E-state index is 6.49. The van der Waals surface area contributed by atoms with E-state index in [9.17, 15) is 0 Å². The predicted octanol–water partition coefficient (Wildman–Crippen LogP) is 2.94. The molecule has 12 heteroatoms. The first kappa shape index (κ1) is 42.6. The van der Waals surface area contributed by atoms with Crippen molar-refractivity contribution in [2.24, 2.45) is 20.4 Å². The number of halogens is 1. The topological polar surface area (TPSA) is 82.7 Å². The fourth-order valence-corrected chi connectivity index (χ4v) is 9.38. The largest absolute Gasteiger partial charge is 2.00 e. The van der Waals surface area contributed by atoms with Crippen LogP contribution in [0.15, 0.2) is 166 Å². The average molecular weight is 859 g/mol. The van der Waals surface area contributed by atoms with E-state index in [0.29, 0.717) is 30.9 Å². The molecule has 5 aromatic carbocycles. The molecule has 5 aromatic rings. The maximum Gasteiger partial charge on any atom is 2.00 e. The van der Waals surface area contributed by atoms with Crippen molar-refractivity contribution in [3.05, 3.63) is 162 Å².